The summed E-state index contributed by atoms with van der Waals surface area (Å²) in [5.41, 5.74) is -10.1. The average molecular weight is 541 g/mol. The summed E-state index contributed by atoms with van der Waals surface area (Å²) in [7, 11) is 0. The van der Waals surface area contributed by atoms with Crippen molar-refractivity contribution in [3.63, 3.8) is 0 Å². The Labute approximate surface area is 215 Å². The van der Waals surface area contributed by atoms with E-state index in [0.717, 1.165) is 36.0 Å². The van der Waals surface area contributed by atoms with Gasteiger partial charge in [0.2, 0.25) is 0 Å². The molecule has 3 aliphatic rings. The largest absolute Gasteiger partial charge is 0.427 e. The Morgan fingerprint density at radius 2 is 1.53 bits per heavy atom. The van der Waals surface area contributed by atoms with Gasteiger partial charge in [0, 0.05) is 44.8 Å². The fraction of sp³-hybridized carbons (Fsp3) is 0.600. The first-order valence-electron chi connectivity index (χ1n) is 12.8. The number of alkyl halides is 5. The van der Waals surface area contributed by atoms with Crippen LogP contribution in [-0.2, 0) is 10.2 Å². The van der Waals surface area contributed by atoms with Gasteiger partial charge in [-0.15, -0.1) is 0 Å². The topological polar surface area (TPSA) is 85.4 Å². The number of carbonyl (C=O) groups excluding carboxylic acids is 1. The van der Waals surface area contributed by atoms with Gasteiger partial charge in [0.05, 0.1) is 12.2 Å². The van der Waals surface area contributed by atoms with E-state index in [2.05, 4.69) is 15.0 Å². The number of Topliss-reactive ketones (excluding diaryl/α,β-unsaturated/α-hetero) is 1. The second-order valence-corrected chi connectivity index (χ2v) is 10.0. The number of piperidine rings is 3. The molecule has 2 aromatic rings. The zero-order valence-corrected chi connectivity index (χ0v) is 20.7. The number of rotatable bonds is 4. The van der Waals surface area contributed by atoms with Crippen LogP contribution >= 0.6 is 0 Å². The molecule has 206 valence electrons. The first kappa shape index (κ1) is 26.8. The Kier molecular flexibility index (Phi) is 6.89. The van der Waals surface area contributed by atoms with Crippen molar-refractivity contribution in [2.24, 2.45) is 0 Å². The Balaban J connectivity index is 1.88. The summed E-state index contributed by atoms with van der Waals surface area (Å²) in [5, 5.41) is 1.81. The van der Waals surface area contributed by atoms with Gasteiger partial charge in [-0.1, -0.05) is 18.9 Å². The number of carbonyl (C=O) groups is 1. The lowest BCUT2D eigenvalue weighted by molar-refractivity contribution is -0.402. The molecule has 0 radical (unpaired) electrons. The number of pyridine rings is 1. The number of aromatic amines is 1. The normalized spacial score (nSPS) is 29.9. The van der Waals surface area contributed by atoms with E-state index in [1.807, 2.05) is 0 Å². The van der Waals surface area contributed by atoms with E-state index >= 15 is 22.0 Å². The smallest absolute Gasteiger partial charge is 0.326 e. The molecule has 0 bridgehead atoms. The third-order valence-corrected chi connectivity index (χ3v) is 7.99. The van der Waals surface area contributed by atoms with Gasteiger partial charge in [-0.25, -0.2) is 18.8 Å². The number of aromatic nitrogens is 3. The molecule has 2 unspecified atom stereocenters. The van der Waals surface area contributed by atoms with Crippen LogP contribution in [0.5, 0.6) is 0 Å². The highest BCUT2D eigenvalue weighted by atomic mass is 19.4. The van der Waals surface area contributed by atoms with E-state index in [9.17, 15) is 9.59 Å². The number of H-pyrrole nitrogens is 1. The maximum Gasteiger partial charge on any atom is 0.427 e. The summed E-state index contributed by atoms with van der Waals surface area (Å²) < 4.78 is 82.3. The van der Waals surface area contributed by atoms with Crippen molar-refractivity contribution < 1.29 is 26.7 Å². The molecule has 0 amide bonds. The van der Waals surface area contributed by atoms with Gasteiger partial charge < -0.3 is 4.98 Å². The third-order valence-electron chi connectivity index (χ3n) is 7.99. The highest BCUT2D eigenvalue weighted by Crippen LogP contribution is 2.61. The van der Waals surface area contributed by atoms with Gasteiger partial charge in [0.15, 0.2) is 11.2 Å². The second-order valence-electron chi connectivity index (χ2n) is 10.0. The molecule has 0 aromatic carbocycles. The maximum absolute atomic E-state index is 17.6. The van der Waals surface area contributed by atoms with Crippen LogP contribution < -0.4 is 5.56 Å². The molecule has 3 fully saturated rings. The van der Waals surface area contributed by atoms with E-state index < -0.39 is 52.5 Å². The van der Waals surface area contributed by atoms with Crippen molar-refractivity contribution in [3.05, 3.63) is 58.5 Å². The fourth-order valence-corrected chi connectivity index (χ4v) is 6.38. The molecule has 8 nitrogen and oxygen atoms in total. The molecule has 38 heavy (non-hydrogen) atoms. The van der Waals surface area contributed by atoms with E-state index in [1.165, 1.54) is 17.1 Å². The quantitative estimate of drug-likeness (QED) is 0.597. The molecule has 5 rings (SSSR count). The number of halogens is 5. The molecule has 0 aliphatic carbocycles. The second kappa shape index (κ2) is 9.76. The van der Waals surface area contributed by atoms with Crippen molar-refractivity contribution >= 4 is 5.78 Å². The van der Waals surface area contributed by atoms with Crippen LogP contribution in [0.15, 0.2) is 41.6 Å². The number of hydrogen-bond donors (Lipinski definition) is 1. The van der Waals surface area contributed by atoms with Gasteiger partial charge in [-0.05, 0) is 37.8 Å². The minimum atomic E-state index is -5.53. The molecular formula is C25H29F5N6O2. The van der Waals surface area contributed by atoms with Crippen molar-refractivity contribution in [2.45, 2.75) is 61.7 Å². The molecular weight excluding hydrogens is 511 g/mol. The number of ketones is 1. The maximum atomic E-state index is 17.6. The molecule has 13 heteroatoms. The number of nitrogens with zero attached hydrogens (tertiary/aromatic N) is 5. The molecule has 1 N–H and O–H groups in total. The number of nitrogens with one attached hydrogen (secondary N) is 1. The lowest BCUT2D eigenvalue weighted by atomic mass is 9.63. The minimum Gasteiger partial charge on any atom is -0.326 e. The zero-order chi connectivity index (χ0) is 27.2. The monoisotopic (exact) mass is 540 g/mol. The van der Waals surface area contributed by atoms with Gasteiger partial charge in [0.25, 0.3) is 11.2 Å². The third kappa shape index (κ3) is 3.65. The van der Waals surface area contributed by atoms with Crippen LogP contribution in [-0.4, -0.2) is 86.1 Å². The predicted octanol–water partition coefficient (Wildman–Crippen LogP) is 3.12. The average Bonchev–Trinajstić information content (AvgIpc) is 2.90. The van der Waals surface area contributed by atoms with Crippen LogP contribution in [0.2, 0.25) is 0 Å². The summed E-state index contributed by atoms with van der Waals surface area (Å²) in [6.07, 6.45) is 0.585. The SMILES string of the molecule is O=C1CN(N2CCCCC2)C(N2CCCCC2)(C(F)(F)F)C(F)(F)C1(c1ccccn1)c1ncc[nH]c1=O. The van der Waals surface area contributed by atoms with E-state index in [-0.39, 0.29) is 39.0 Å². The molecule has 3 aliphatic heterocycles. The van der Waals surface area contributed by atoms with Gasteiger partial charge in [0.1, 0.15) is 5.69 Å². The summed E-state index contributed by atoms with van der Waals surface area (Å²) in [5.74, 6) is -6.19. The van der Waals surface area contributed by atoms with Crippen LogP contribution in [0.3, 0.4) is 0 Å². The number of hydrazine groups is 1. The van der Waals surface area contributed by atoms with Gasteiger partial charge in [-0.2, -0.15) is 13.2 Å². The summed E-state index contributed by atoms with van der Waals surface area (Å²) in [4.78, 5) is 37.8. The predicted molar refractivity (Wildman–Crippen MR) is 126 cm³/mol. The highest BCUT2D eigenvalue weighted by Gasteiger charge is 2.87. The lowest BCUT2D eigenvalue weighted by Gasteiger charge is -2.63. The van der Waals surface area contributed by atoms with Crippen molar-refractivity contribution in [1.29, 1.82) is 0 Å². The first-order chi connectivity index (χ1) is 18.1. The Morgan fingerprint density at radius 1 is 0.868 bits per heavy atom. The molecule has 2 atom stereocenters. The number of hydrogen-bond acceptors (Lipinski definition) is 7. The van der Waals surface area contributed by atoms with Crippen LogP contribution in [0.4, 0.5) is 22.0 Å². The van der Waals surface area contributed by atoms with E-state index in [1.54, 1.807) is 0 Å². The Bertz CT molecular complexity index is 1210. The summed E-state index contributed by atoms with van der Waals surface area (Å²) in [6.45, 7) is -1.27. The molecule has 0 saturated carbocycles. The van der Waals surface area contributed by atoms with Crippen molar-refractivity contribution in [1.82, 2.24) is 29.9 Å². The zero-order valence-electron chi connectivity index (χ0n) is 20.7. The fourth-order valence-electron chi connectivity index (χ4n) is 6.38. The highest BCUT2D eigenvalue weighted by molar-refractivity contribution is 5.97. The van der Waals surface area contributed by atoms with Gasteiger partial charge >= 0.3 is 12.1 Å². The molecule has 5 heterocycles. The molecule has 0 spiro atoms. The standard InChI is InChI=1S/C25H29F5N6O2/c26-23(27)22(18-9-3-4-10-31-18,20-21(38)33-12-11-32-20)19(37)17-36(35-15-7-2-8-16-35)24(23,25(28,29)30)34-13-5-1-6-14-34/h3-4,9-12H,1-2,5-8,13-17H2,(H,33,38). The van der Waals surface area contributed by atoms with Crippen molar-refractivity contribution in [2.75, 3.05) is 32.7 Å². The summed E-state index contributed by atoms with van der Waals surface area (Å²) in [6, 6.07) is 3.76. The van der Waals surface area contributed by atoms with Gasteiger partial charge in [-0.3, -0.25) is 24.5 Å². The molecule has 3 saturated heterocycles. The lowest BCUT2D eigenvalue weighted by Crippen LogP contribution is -2.88. The Hall–Kier alpha value is -2.77. The first-order valence-corrected chi connectivity index (χ1v) is 12.8. The van der Waals surface area contributed by atoms with Crippen LogP contribution in [0.1, 0.15) is 49.9 Å². The van der Waals surface area contributed by atoms with Crippen molar-refractivity contribution in [3.8, 4) is 0 Å². The van der Waals surface area contributed by atoms with E-state index in [0.29, 0.717) is 24.3 Å². The molecule has 2 aromatic heterocycles. The van der Waals surface area contributed by atoms with Crippen LogP contribution in [0, 0.1) is 0 Å². The minimum absolute atomic E-state index is 0.107. The van der Waals surface area contributed by atoms with Crippen LogP contribution in [0.25, 0.3) is 0 Å². The Morgan fingerprint density at radius 3 is 2.11 bits per heavy atom. The number of likely N-dealkylation sites (tertiary alicyclic amines) is 1. The summed E-state index contributed by atoms with van der Waals surface area (Å²) >= 11 is 0. The van der Waals surface area contributed by atoms with E-state index in [4.69, 9.17) is 0 Å².